The molecule has 14 nitrogen and oxygen atoms in total. The maximum Gasteiger partial charge on any atom is 0.337 e. The number of esters is 2. The summed E-state index contributed by atoms with van der Waals surface area (Å²) in [5, 5.41) is 70.2. The van der Waals surface area contributed by atoms with Gasteiger partial charge in [-0.05, 0) is 29.7 Å². The highest BCUT2D eigenvalue weighted by atomic mass is 16.8. The number of aromatic hydroxyl groups is 2. The number of carbonyl (C=O) groups excluding carboxylic acids is 2. The van der Waals surface area contributed by atoms with Gasteiger partial charge in [0, 0.05) is 17.9 Å². The molecule has 1 saturated heterocycles. The summed E-state index contributed by atoms with van der Waals surface area (Å²) in [5.41, 5.74) is 0.328. The Bertz CT molecular complexity index is 1150. The van der Waals surface area contributed by atoms with Crippen LogP contribution in [0.2, 0.25) is 0 Å². The van der Waals surface area contributed by atoms with Crippen molar-refractivity contribution in [2.24, 2.45) is 17.8 Å². The molecule has 2 fully saturated rings. The number of phenolic OH excluding ortho intramolecular Hbond substituents is 2. The summed E-state index contributed by atoms with van der Waals surface area (Å²) in [5.74, 6) is -4.96. The molecule has 220 valence electrons. The Morgan fingerprint density at radius 2 is 1.73 bits per heavy atom. The number of methoxy groups -OCH3 is 1. The normalized spacial score (nSPS) is 37.4. The largest absolute Gasteiger partial charge is 0.504 e. The zero-order valence-corrected chi connectivity index (χ0v) is 21.5. The fourth-order valence-electron chi connectivity index (χ4n) is 5.26. The molecule has 1 aromatic carbocycles. The number of benzene rings is 1. The van der Waals surface area contributed by atoms with E-state index < -0.39 is 85.5 Å². The standard InChI is InChI=1S/C26H32O14/c1-10-17-18(23(19(10)31)39-16(30)6-4-11-3-5-13(28)14(29)7-11)12(24(35)36-2)9-37-25(17)40-26-22(34)21(33)20(32)15(8-27)38-26/h3-7,9-10,15,17-23,25-29,31-34H,8H2,1-2H3/t10-,15+,17+,18+,19+,20+,21-,22+,23-,25-,26-/m0/s1. The Morgan fingerprint density at radius 1 is 1.00 bits per heavy atom. The monoisotopic (exact) mass is 568 g/mol. The van der Waals surface area contributed by atoms with E-state index in [1.807, 2.05) is 0 Å². The zero-order chi connectivity index (χ0) is 29.3. The molecule has 3 aliphatic rings. The lowest BCUT2D eigenvalue weighted by Gasteiger charge is -2.43. The molecule has 1 aromatic rings. The summed E-state index contributed by atoms with van der Waals surface area (Å²) in [6, 6.07) is 3.90. The van der Waals surface area contributed by atoms with Gasteiger partial charge in [-0.3, -0.25) is 0 Å². The lowest BCUT2D eigenvalue weighted by molar-refractivity contribution is -0.343. The van der Waals surface area contributed by atoms with Crippen LogP contribution in [0.25, 0.3) is 6.08 Å². The molecular formula is C26H32O14. The van der Waals surface area contributed by atoms with Crippen LogP contribution in [0.5, 0.6) is 11.5 Å². The van der Waals surface area contributed by atoms with Crippen molar-refractivity contribution in [1.29, 1.82) is 0 Å². The van der Waals surface area contributed by atoms with Gasteiger partial charge >= 0.3 is 11.9 Å². The van der Waals surface area contributed by atoms with Crippen molar-refractivity contribution in [3.8, 4) is 11.5 Å². The molecular weight excluding hydrogens is 536 g/mol. The van der Waals surface area contributed by atoms with E-state index in [4.69, 9.17) is 23.7 Å². The van der Waals surface area contributed by atoms with Crippen molar-refractivity contribution in [3.05, 3.63) is 41.7 Å². The molecule has 0 amide bonds. The van der Waals surface area contributed by atoms with Gasteiger partial charge in [-0.25, -0.2) is 9.59 Å². The first-order valence-electron chi connectivity index (χ1n) is 12.5. The summed E-state index contributed by atoms with van der Waals surface area (Å²) in [7, 11) is 1.14. The molecule has 4 rings (SSSR count). The predicted molar refractivity (Wildman–Crippen MR) is 131 cm³/mol. The third kappa shape index (κ3) is 5.65. The van der Waals surface area contributed by atoms with Crippen LogP contribution in [-0.2, 0) is 33.3 Å². The van der Waals surface area contributed by atoms with Gasteiger partial charge in [-0.15, -0.1) is 0 Å². The topological polar surface area (TPSA) is 222 Å². The molecule has 0 spiro atoms. The Balaban J connectivity index is 1.57. The van der Waals surface area contributed by atoms with E-state index in [0.717, 1.165) is 19.4 Å². The van der Waals surface area contributed by atoms with E-state index in [-0.39, 0.29) is 17.1 Å². The number of carbonyl (C=O) groups is 2. The molecule has 0 unspecified atom stereocenters. The van der Waals surface area contributed by atoms with Gasteiger partial charge in [0.15, 0.2) is 17.8 Å². The van der Waals surface area contributed by atoms with E-state index in [9.17, 15) is 45.3 Å². The van der Waals surface area contributed by atoms with Crippen molar-refractivity contribution in [2.75, 3.05) is 13.7 Å². The van der Waals surface area contributed by atoms with E-state index in [2.05, 4.69) is 0 Å². The average molecular weight is 569 g/mol. The molecule has 40 heavy (non-hydrogen) atoms. The van der Waals surface area contributed by atoms with Crippen LogP contribution in [-0.4, -0.2) is 111 Å². The molecule has 0 bridgehead atoms. The lowest BCUT2D eigenvalue weighted by Crippen LogP contribution is -2.60. The zero-order valence-electron chi connectivity index (χ0n) is 21.5. The van der Waals surface area contributed by atoms with Gasteiger partial charge in [0.1, 0.15) is 30.5 Å². The number of fused-ring (bicyclic) bond motifs is 1. The molecule has 14 heteroatoms. The summed E-state index contributed by atoms with van der Waals surface area (Å²) in [4.78, 5) is 25.3. The molecule has 7 N–H and O–H groups in total. The van der Waals surface area contributed by atoms with Crippen LogP contribution in [0.15, 0.2) is 36.1 Å². The molecule has 0 aromatic heterocycles. The van der Waals surface area contributed by atoms with Crippen molar-refractivity contribution < 1.29 is 69.0 Å². The smallest absolute Gasteiger partial charge is 0.337 e. The van der Waals surface area contributed by atoms with Crippen LogP contribution in [0.1, 0.15) is 12.5 Å². The van der Waals surface area contributed by atoms with Gasteiger partial charge in [0.05, 0.1) is 31.7 Å². The highest BCUT2D eigenvalue weighted by Crippen LogP contribution is 2.49. The van der Waals surface area contributed by atoms with Crippen molar-refractivity contribution >= 4 is 18.0 Å². The lowest BCUT2D eigenvalue weighted by atomic mass is 9.82. The van der Waals surface area contributed by atoms with Gasteiger partial charge in [-0.2, -0.15) is 0 Å². The van der Waals surface area contributed by atoms with Crippen LogP contribution < -0.4 is 0 Å². The van der Waals surface area contributed by atoms with Crippen molar-refractivity contribution in [2.45, 2.75) is 56.1 Å². The number of aliphatic hydroxyl groups excluding tert-OH is 5. The second-order valence-electron chi connectivity index (χ2n) is 9.84. The fourth-order valence-corrected chi connectivity index (χ4v) is 5.26. The van der Waals surface area contributed by atoms with Gasteiger partial charge in [0.25, 0.3) is 0 Å². The first-order chi connectivity index (χ1) is 19.0. The third-order valence-corrected chi connectivity index (χ3v) is 7.45. The SMILES string of the molecule is COC(=O)C1=CO[C@@H](O[C@@H]2O[C@H](CO)[C@@H](O)[C@H](O)[C@H]2O)[C@@H]2[C@H](C)[C@@H](O)[C@@H](OC(=O)C=Cc3ccc(O)c(O)c3)[C@H]12. The summed E-state index contributed by atoms with van der Waals surface area (Å²) in [6.07, 6.45) is -8.33. The minimum Gasteiger partial charge on any atom is -0.504 e. The Labute approximate surface area is 228 Å². The van der Waals surface area contributed by atoms with Gasteiger partial charge in [-0.1, -0.05) is 13.0 Å². The Kier molecular flexibility index (Phi) is 8.99. The van der Waals surface area contributed by atoms with Crippen LogP contribution in [0.4, 0.5) is 0 Å². The van der Waals surface area contributed by atoms with Crippen LogP contribution >= 0.6 is 0 Å². The quantitative estimate of drug-likeness (QED) is 0.113. The minimum absolute atomic E-state index is 0.0465. The summed E-state index contributed by atoms with van der Waals surface area (Å²) >= 11 is 0. The molecule has 0 radical (unpaired) electrons. The molecule has 11 atom stereocenters. The maximum absolute atomic E-state index is 12.7. The van der Waals surface area contributed by atoms with Crippen LogP contribution in [0, 0.1) is 17.8 Å². The number of hydrogen-bond acceptors (Lipinski definition) is 14. The van der Waals surface area contributed by atoms with Crippen molar-refractivity contribution in [1.82, 2.24) is 0 Å². The van der Waals surface area contributed by atoms with Gasteiger partial charge < -0.3 is 59.4 Å². The number of phenols is 2. The number of ether oxygens (including phenoxy) is 5. The average Bonchev–Trinajstić information content (AvgIpc) is 3.19. The first kappa shape index (κ1) is 29.7. The van der Waals surface area contributed by atoms with E-state index >= 15 is 0 Å². The highest BCUT2D eigenvalue weighted by molar-refractivity contribution is 5.90. The van der Waals surface area contributed by atoms with E-state index in [0.29, 0.717) is 5.56 Å². The summed E-state index contributed by atoms with van der Waals surface area (Å²) in [6.45, 7) is 0.928. The second kappa shape index (κ2) is 12.1. The Hall–Kier alpha value is -3.24. The number of hydrogen-bond donors (Lipinski definition) is 7. The van der Waals surface area contributed by atoms with E-state index in [1.54, 1.807) is 6.92 Å². The number of aliphatic hydroxyl groups is 5. The van der Waals surface area contributed by atoms with Crippen molar-refractivity contribution in [3.63, 3.8) is 0 Å². The van der Waals surface area contributed by atoms with Crippen LogP contribution in [0.3, 0.4) is 0 Å². The Morgan fingerprint density at radius 3 is 2.38 bits per heavy atom. The third-order valence-electron chi connectivity index (χ3n) is 7.45. The summed E-state index contributed by atoms with van der Waals surface area (Å²) < 4.78 is 27.2. The first-order valence-corrected chi connectivity index (χ1v) is 12.5. The molecule has 2 aliphatic heterocycles. The van der Waals surface area contributed by atoms with Gasteiger partial charge in [0.2, 0.25) is 6.29 Å². The number of rotatable bonds is 7. The minimum atomic E-state index is -1.73. The predicted octanol–water partition coefficient (Wildman–Crippen LogP) is -1.50. The molecule has 1 saturated carbocycles. The van der Waals surface area contributed by atoms with E-state index in [1.165, 1.54) is 24.3 Å². The fraction of sp³-hybridized carbons (Fsp3) is 0.538. The molecule has 2 heterocycles. The second-order valence-corrected chi connectivity index (χ2v) is 9.84. The highest BCUT2D eigenvalue weighted by Gasteiger charge is 2.59. The molecule has 1 aliphatic carbocycles. The maximum atomic E-state index is 12.7.